The van der Waals surface area contributed by atoms with Crippen LogP contribution in [-0.2, 0) is 10.3 Å². The molecule has 0 saturated carbocycles. The summed E-state index contributed by atoms with van der Waals surface area (Å²) in [6, 6.07) is 15.7. The zero-order valence-electron chi connectivity index (χ0n) is 14.5. The fourth-order valence-electron chi connectivity index (χ4n) is 3.13. The van der Waals surface area contributed by atoms with Gasteiger partial charge in [-0.2, -0.15) is 0 Å². The first-order chi connectivity index (χ1) is 11.9. The molecule has 0 aliphatic carbocycles. The molecule has 5 nitrogen and oxygen atoms in total. The molecule has 128 valence electrons. The summed E-state index contributed by atoms with van der Waals surface area (Å²) in [5, 5.41) is 0. The van der Waals surface area contributed by atoms with E-state index in [1.165, 1.54) is 4.90 Å². The Kier molecular flexibility index (Phi) is 4.17. The van der Waals surface area contributed by atoms with Crippen molar-refractivity contribution in [2.24, 2.45) is 0 Å². The average Bonchev–Trinajstić information content (AvgIpc) is 2.78. The topological polar surface area (TPSA) is 57.7 Å². The molecule has 1 unspecified atom stereocenters. The Balaban J connectivity index is 1.92. The number of carbonyl (C=O) groups is 3. The maximum Gasteiger partial charge on any atom is 0.328 e. The molecule has 1 atom stereocenters. The van der Waals surface area contributed by atoms with Crippen molar-refractivity contribution >= 4 is 17.7 Å². The highest BCUT2D eigenvalue weighted by Crippen LogP contribution is 2.36. The lowest BCUT2D eigenvalue weighted by Gasteiger charge is -2.29. The van der Waals surface area contributed by atoms with E-state index in [2.05, 4.69) is 0 Å². The third kappa shape index (κ3) is 2.71. The standard InChI is InChI=1S/C20H20N2O3/c1-14-8-7-11-16(12-14)20(2)18(24)22(19(25)21(20)3)13-17(23)15-9-5-4-6-10-15/h4-12H,13H2,1-3H3. The Morgan fingerprint density at radius 3 is 2.36 bits per heavy atom. The number of amides is 3. The number of rotatable bonds is 4. The third-order valence-electron chi connectivity index (χ3n) is 4.83. The summed E-state index contributed by atoms with van der Waals surface area (Å²) in [5.74, 6) is -0.640. The molecule has 0 aromatic heterocycles. The van der Waals surface area contributed by atoms with Gasteiger partial charge in [-0.05, 0) is 19.4 Å². The van der Waals surface area contributed by atoms with Crippen molar-refractivity contribution in [2.45, 2.75) is 19.4 Å². The van der Waals surface area contributed by atoms with Gasteiger partial charge in [0.25, 0.3) is 5.91 Å². The third-order valence-corrected chi connectivity index (χ3v) is 4.83. The molecule has 1 heterocycles. The zero-order valence-corrected chi connectivity index (χ0v) is 14.5. The number of hydrogen-bond donors (Lipinski definition) is 0. The molecule has 0 bridgehead atoms. The highest BCUT2D eigenvalue weighted by atomic mass is 16.2. The number of Topliss-reactive ketones (excluding diaryl/α,β-unsaturated/α-hetero) is 1. The van der Waals surface area contributed by atoms with Crippen molar-refractivity contribution in [1.29, 1.82) is 0 Å². The number of urea groups is 1. The van der Waals surface area contributed by atoms with Gasteiger partial charge >= 0.3 is 6.03 Å². The monoisotopic (exact) mass is 336 g/mol. The van der Waals surface area contributed by atoms with Crippen LogP contribution in [0.15, 0.2) is 54.6 Å². The molecular weight excluding hydrogens is 316 g/mol. The Labute approximate surface area is 146 Å². The Hall–Kier alpha value is -2.95. The van der Waals surface area contributed by atoms with E-state index >= 15 is 0 Å². The van der Waals surface area contributed by atoms with Crippen LogP contribution in [0.3, 0.4) is 0 Å². The number of ketones is 1. The summed E-state index contributed by atoms with van der Waals surface area (Å²) in [5.41, 5.74) is 1.11. The van der Waals surface area contributed by atoms with Crippen LogP contribution in [-0.4, -0.2) is 41.1 Å². The Morgan fingerprint density at radius 2 is 1.72 bits per heavy atom. The Morgan fingerprint density at radius 1 is 1.04 bits per heavy atom. The van der Waals surface area contributed by atoms with Gasteiger partial charge in [-0.25, -0.2) is 4.79 Å². The van der Waals surface area contributed by atoms with E-state index in [4.69, 9.17) is 0 Å². The van der Waals surface area contributed by atoms with Crippen LogP contribution >= 0.6 is 0 Å². The maximum absolute atomic E-state index is 13.0. The maximum atomic E-state index is 13.0. The fourth-order valence-corrected chi connectivity index (χ4v) is 3.13. The summed E-state index contributed by atoms with van der Waals surface area (Å²) >= 11 is 0. The molecule has 2 aromatic rings. The normalized spacial score (nSPS) is 20.3. The van der Waals surface area contributed by atoms with Crippen molar-refractivity contribution < 1.29 is 14.4 Å². The second kappa shape index (κ2) is 6.16. The summed E-state index contributed by atoms with van der Waals surface area (Å²) in [6.07, 6.45) is 0. The lowest BCUT2D eigenvalue weighted by molar-refractivity contribution is -0.132. The van der Waals surface area contributed by atoms with Gasteiger partial charge in [0.15, 0.2) is 5.78 Å². The average molecular weight is 336 g/mol. The van der Waals surface area contributed by atoms with Crippen LogP contribution in [0.5, 0.6) is 0 Å². The lowest BCUT2D eigenvalue weighted by atomic mass is 9.89. The molecule has 0 N–H and O–H groups in total. The number of benzene rings is 2. The largest absolute Gasteiger partial charge is 0.328 e. The van der Waals surface area contributed by atoms with Gasteiger partial charge in [-0.3, -0.25) is 14.5 Å². The Bertz CT molecular complexity index is 847. The minimum atomic E-state index is -1.11. The fraction of sp³-hybridized carbons (Fsp3) is 0.250. The van der Waals surface area contributed by atoms with Crippen molar-refractivity contribution in [2.75, 3.05) is 13.6 Å². The van der Waals surface area contributed by atoms with Gasteiger partial charge in [0.05, 0.1) is 6.54 Å². The van der Waals surface area contributed by atoms with Gasteiger partial charge in [0, 0.05) is 12.6 Å². The second-order valence-corrected chi connectivity index (χ2v) is 6.46. The van der Waals surface area contributed by atoms with Crippen molar-refractivity contribution in [3.8, 4) is 0 Å². The van der Waals surface area contributed by atoms with E-state index in [9.17, 15) is 14.4 Å². The van der Waals surface area contributed by atoms with E-state index in [0.717, 1.165) is 16.0 Å². The van der Waals surface area contributed by atoms with Crippen LogP contribution in [0.2, 0.25) is 0 Å². The van der Waals surface area contributed by atoms with E-state index < -0.39 is 11.6 Å². The smallest absolute Gasteiger partial charge is 0.309 e. The lowest BCUT2D eigenvalue weighted by Crippen LogP contribution is -2.42. The minimum absolute atomic E-state index is 0.257. The molecule has 1 aliphatic heterocycles. The van der Waals surface area contributed by atoms with Crippen LogP contribution in [0, 0.1) is 6.92 Å². The van der Waals surface area contributed by atoms with Crippen LogP contribution < -0.4 is 0 Å². The van der Waals surface area contributed by atoms with E-state index in [1.807, 2.05) is 37.3 Å². The van der Waals surface area contributed by atoms with E-state index in [0.29, 0.717) is 5.56 Å². The molecule has 3 amide bonds. The van der Waals surface area contributed by atoms with Crippen LogP contribution in [0.1, 0.15) is 28.4 Å². The molecule has 3 rings (SSSR count). The van der Waals surface area contributed by atoms with Gasteiger partial charge in [0.2, 0.25) is 0 Å². The van der Waals surface area contributed by atoms with E-state index in [-0.39, 0.29) is 18.2 Å². The summed E-state index contributed by atoms with van der Waals surface area (Å²) in [6.45, 7) is 3.40. The van der Waals surface area contributed by atoms with Crippen LogP contribution in [0.4, 0.5) is 4.79 Å². The number of likely N-dealkylation sites (N-methyl/N-ethyl adjacent to an activating group) is 1. The molecule has 1 aliphatic rings. The molecule has 0 spiro atoms. The predicted octanol–water partition coefficient (Wildman–Crippen LogP) is 2.99. The molecule has 2 aromatic carbocycles. The van der Waals surface area contributed by atoms with Gasteiger partial charge < -0.3 is 4.90 Å². The number of hydrogen-bond acceptors (Lipinski definition) is 3. The first kappa shape index (κ1) is 16.9. The number of aryl methyl sites for hydroxylation is 1. The molecule has 25 heavy (non-hydrogen) atoms. The first-order valence-electron chi connectivity index (χ1n) is 8.11. The number of imide groups is 1. The number of nitrogens with zero attached hydrogens (tertiary/aromatic N) is 2. The molecular formula is C20H20N2O3. The second-order valence-electron chi connectivity index (χ2n) is 6.46. The minimum Gasteiger partial charge on any atom is -0.309 e. The van der Waals surface area contributed by atoms with Gasteiger partial charge in [-0.15, -0.1) is 0 Å². The molecule has 1 fully saturated rings. The molecule has 0 radical (unpaired) electrons. The van der Waals surface area contributed by atoms with Crippen LogP contribution in [0.25, 0.3) is 0 Å². The highest BCUT2D eigenvalue weighted by Gasteiger charge is 2.53. The first-order valence-corrected chi connectivity index (χ1v) is 8.11. The quantitative estimate of drug-likeness (QED) is 0.637. The van der Waals surface area contributed by atoms with E-state index in [1.54, 1.807) is 38.2 Å². The predicted molar refractivity (Wildman–Crippen MR) is 94.2 cm³/mol. The molecule has 1 saturated heterocycles. The number of carbonyl (C=O) groups excluding carboxylic acids is 3. The summed E-state index contributed by atoms with van der Waals surface area (Å²) < 4.78 is 0. The molecule has 5 heteroatoms. The summed E-state index contributed by atoms with van der Waals surface area (Å²) in [4.78, 5) is 40.6. The van der Waals surface area contributed by atoms with Gasteiger partial charge in [0.1, 0.15) is 5.54 Å². The highest BCUT2D eigenvalue weighted by molar-refractivity contribution is 6.11. The zero-order chi connectivity index (χ0) is 18.2. The van der Waals surface area contributed by atoms with Crippen molar-refractivity contribution in [3.05, 3.63) is 71.3 Å². The van der Waals surface area contributed by atoms with Crippen molar-refractivity contribution in [3.63, 3.8) is 0 Å². The van der Waals surface area contributed by atoms with Gasteiger partial charge in [-0.1, -0.05) is 60.2 Å². The van der Waals surface area contributed by atoms with Crippen molar-refractivity contribution in [1.82, 2.24) is 9.80 Å². The summed E-state index contributed by atoms with van der Waals surface area (Å²) in [7, 11) is 1.59. The SMILES string of the molecule is Cc1cccc(C2(C)C(=O)N(CC(=O)c3ccccc3)C(=O)N2C)c1.